The predicted octanol–water partition coefficient (Wildman–Crippen LogP) is 1.60. The molecule has 3 rings (SSSR count). The maximum atomic E-state index is 12.5. The van der Waals surface area contributed by atoms with Crippen LogP contribution in [0.4, 0.5) is 8.78 Å². The van der Waals surface area contributed by atoms with Crippen LogP contribution in [0.2, 0.25) is 0 Å². The summed E-state index contributed by atoms with van der Waals surface area (Å²) in [6.45, 7) is 0.697. The van der Waals surface area contributed by atoms with Gasteiger partial charge < -0.3 is 14.6 Å². The van der Waals surface area contributed by atoms with E-state index in [1.54, 1.807) is 17.0 Å². The number of carbonyl (C=O) groups is 1. The Hall–Kier alpha value is -1.43. The van der Waals surface area contributed by atoms with E-state index in [-0.39, 0.29) is 17.9 Å². The van der Waals surface area contributed by atoms with Gasteiger partial charge >= 0.3 is 0 Å². The zero-order valence-electron chi connectivity index (χ0n) is 11.1. The molecule has 1 aliphatic heterocycles. The smallest absolute Gasteiger partial charge is 0.270 e. The third kappa shape index (κ3) is 2.32. The number of aliphatic hydroxyl groups is 1. The van der Waals surface area contributed by atoms with Crippen molar-refractivity contribution in [1.82, 2.24) is 9.47 Å². The molecule has 1 aromatic rings. The number of halogens is 2. The first-order chi connectivity index (χ1) is 9.56. The molecule has 1 amide bonds. The Bertz CT molecular complexity index is 503. The molecule has 1 aliphatic carbocycles. The summed E-state index contributed by atoms with van der Waals surface area (Å²) in [7, 11) is 0. The summed E-state index contributed by atoms with van der Waals surface area (Å²) in [5.74, 6) is 0.294. The van der Waals surface area contributed by atoms with Gasteiger partial charge in [0.05, 0.1) is 12.6 Å². The number of hydrogen-bond acceptors (Lipinski definition) is 2. The van der Waals surface area contributed by atoms with E-state index in [4.69, 9.17) is 0 Å². The molecular formula is C14H18F2N2O2. The number of aromatic nitrogens is 1. The van der Waals surface area contributed by atoms with Crippen LogP contribution in [-0.4, -0.2) is 46.1 Å². The Morgan fingerprint density at radius 2 is 2.20 bits per heavy atom. The minimum absolute atomic E-state index is 0.150. The fraction of sp³-hybridized carbons (Fsp3) is 0.643. The maximum Gasteiger partial charge on any atom is 0.270 e. The van der Waals surface area contributed by atoms with Gasteiger partial charge in [0.15, 0.2) is 0 Å². The lowest BCUT2D eigenvalue weighted by molar-refractivity contribution is 0.0733. The molecule has 110 valence electrons. The van der Waals surface area contributed by atoms with Gasteiger partial charge in [-0.05, 0) is 30.9 Å². The van der Waals surface area contributed by atoms with Crippen LogP contribution in [0.5, 0.6) is 0 Å². The van der Waals surface area contributed by atoms with Crippen LogP contribution < -0.4 is 0 Å². The van der Waals surface area contributed by atoms with E-state index in [9.17, 15) is 18.7 Å². The number of hydrogen-bond donors (Lipinski definition) is 1. The first kappa shape index (κ1) is 13.5. The van der Waals surface area contributed by atoms with Gasteiger partial charge in [-0.2, -0.15) is 0 Å². The summed E-state index contributed by atoms with van der Waals surface area (Å²) in [5, 5.41) is 9.86. The molecule has 0 spiro atoms. The van der Waals surface area contributed by atoms with Gasteiger partial charge in [0, 0.05) is 25.2 Å². The van der Waals surface area contributed by atoms with Crippen molar-refractivity contribution in [3.8, 4) is 0 Å². The Labute approximate surface area is 116 Å². The highest BCUT2D eigenvalue weighted by atomic mass is 19.3. The van der Waals surface area contributed by atoms with Gasteiger partial charge in [-0.1, -0.05) is 0 Å². The minimum Gasteiger partial charge on any atom is -0.393 e. The number of rotatable bonds is 3. The van der Waals surface area contributed by atoms with E-state index in [1.165, 1.54) is 10.8 Å². The summed E-state index contributed by atoms with van der Waals surface area (Å²) in [4.78, 5) is 14.1. The lowest BCUT2D eigenvalue weighted by atomic mass is 10.00. The van der Waals surface area contributed by atoms with Crippen LogP contribution in [0, 0.1) is 11.8 Å². The molecule has 1 aromatic heterocycles. The summed E-state index contributed by atoms with van der Waals surface area (Å²) in [6.07, 6.45) is 0.442. The monoisotopic (exact) mass is 284 g/mol. The summed E-state index contributed by atoms with van der Waals surface area (Å²) in [5.41, 5.74) is 0.305. The van der Waals surface area contributed by atoms with Crippen molar-refractivity contribution >= 4 is 5.91 Å². The molecule has 2 heterocycles. The van der Waals surface area contributed by atoms with Crippen LogP contribution in [0.1, 0.15) is 23.3 Å². The summed E-state index contributed by atoms with van der Waals surface area (Å²) >= 11 is 0. The van der Waals surface area contributed by atoms with E-state index in [1.807, 2.05) is 0 Å². The van der Waals surface area contributed by atoms with Crippen molar-refractivity contribution in [3.63, 3.8) is 0 Å². The summed E-state index contributed by atoms with van der Waals surface area (Å²) < 4.78 is 26.3. The Balaban J connectivity index is 1.73. The zero-order valence-corrected chi connectivity index (χ0v) is 11.1. The number of likely N-dealkylation sites (tertiary alicyclic amines) is 1. The number of alkyl halides is 2. The van der Waals surface area contributed by atoms with Crippen molar-refractivity contribution in [2.45, 2.75) is 31.9 Å². The van der Waals surface area contributed by atoms with Crippen LogP contribution in [0.25, 0.3) is 0 Å². The molecule has 20 heavy (non-hydrogen) atoms. The zero-order chi connectivity index (χ0) is 14.3. The van der Waals surface area contributed by atoms with Gasteiger partial charge in [-0.3, -0.25) is 4.79 Å². The number of fused-ring (bicyclic) bond motifs is 1. The lowest BCUT2D eigenvalue weighted by Gasteiger charge is -2.19. The molecular weight excluding hydrogens is 266 g/mol. The highest BCUT2D eigenvalue weighted by Crippen LogP contribution is 2.38. The fourth-order valence-electron chi connectivity index (χ4n) is 3.48. The average Bonchev–Trinajstić information content (AvgIpc) is 3.06. The molecule has 2 fully saturated rings. The van der Waals surface area contributed by atoms with Gasteiger partial charge in [0.2, 0.25) is 0 Å². The molecule has 6 heteroatoms. The SMILES string of the molecule is O=C(c1cccn1CC(F)F)N1CC2CCC(O)C2C1. The van der Waals surface area contributed by atoms with Crippen molar-refractivity contribution in [2.75, 3.05) is 13.1 Å². The van der Waals surface area contributed by atoms with Crippen molar-refractivity contribution in [1.29, 1.82) is 0 Å². The second-order valence-corrected chi connectivity index (χ2v) is 5.72. The van der Waals surface area contributed by atoms with E-state index in [2.05, 4.69) is 0 Å². The third-order valence-corrected chi connectivity index (χ3v) is 4.49. The lowest BCUT2D eigenvalue weighted by Crippen LogP contribution is -2.32. The van der Waals surface area contributed by atoms with Crippen LogP contribution in [-0.2, 0) is 6.54 Å². The number of carbonyl (C=O) groups excluding carboxylic acids is 1. The second-order valence-electron chi connectivity index (χ2n) is 5.72. The van der Waals surface area contributed by atoms with Crippen LogP contribution >= 0.6 is 0 Å². The standard InChI is InChI=1S/C14H18F2N2O2/c15-13(16)8-17-5-1-2-11(17)14(20)18-6-9-3-4-12(19)10(9)7-18/h1-2,5,9-10,12-13,19H,3-4,6-8H2. The Kier molecular flexibility index (Phi) is 3.50. The molecule has 0 radical (unpaired) electrons. The van der Waals surface area contributed by atoms with Crippen LogP contribution in [0.3, 0.4) is 0 Å². The van der Waals surface area contributed by atoms with Gasteiger partial charge in [-0.15, -0.1) is 0 Å². The largest absolute Gasteiger partial charge is 0.393 e. The minimum atomic E-state index is -2.48. The highest BCUT2D eigenvalue weighted by molar-refractivity contribution is 5.93. The normalized spacial score (nSPS) is 29.2. The van der Waals surface area contributed by atoms with E-state index >= 15 is 0 Å². The average molecular weight is 284 g/mol. The molecule has 4 nitrogen and oxygen atoms in total. The maximum absolute atomic E-state index is 12.5. The predicted molar refractivity (Wildman–Crippen MR) is 68.6 cm³/mol. The molecule has 2 aliphatic rings. The second kappa shape index (κ2) is 5.16. The topological polar surface area (TPSA) is 45.5 Å². The third-order valence-electron chi connectivity index (χ3n) is 4.49. The Morgan fingerprint density at radius 3 is 2.90 bits per heavy atom. The first-order valence-electron chi connectivity index (χ1n) is 6.97. The van der Waals surface area contributed by atoms with E-state index in [0.717, 1.165) is 12.8 Å². The fourth-order valence-corrected chi connectivity index (χ4v) is 3.48. The number of aliphatic hydroxyl groups excluding tert-OH is 1. The molecule has 0 bridgehead atoms. The van der Waals surface area contributed by atoms with Gasteiger partial charge in [-0.25, -0.2) is 8.78 Å². The van der Waals surface area contributed by atoms with Gasteiger partial charge in [0.25, 0.3) is 12.3 Å². The highest BCUT2D eigenvalue weighted by Gasteiger charge is 2.43. The van der Waals surface area contributed by atoms with Gasteiger partial charge in [0.1, 0.15) is 5.69 Å². The molecule has 0 aromatic carbocycles. The molecule has 1 saturated heterocycles. The quantitative estimate of drug-likeness (QED) is 0.916. The van der Waals surface area contributed by atoms with Crippen molar-refractivity contribution in [3.05, 3.63) is 24.0 Å². The molecule has 3 unspecified atom stereocenters. The molecule has 1 saturated carbocycles. The van der Waals surface area contributed by atoms with E-state index < -0.39 is 13.0 Å². The van der Waals surface area contributed by atoms with E-state index in [0.29, 0.717) is 24.7 Å². The van der Waals surface area contributed by atoms with Crippen molar-refractivity contribution in [2.24, 2.45) is 11.8 Å². The number of nitrogens with zero attached hydrogens (tertiary/aromatic N) is 2. The first-order valence-corrected chi connectivity index (χ1v) is 6.97. The Morgan fingerprint density at radius 1 is 1.40 bits per heavy atom. The van der Waals surface area contributed by atoms with Crippen molar-refractivity contribution < 1.29 is 18.7 Å². The summed E-state index contributed by atoms with van der Waals surface area (Å²) in [6, 6.07) is 3.19. The number of amides is 1. The van der Waals surface area contributed by atoms with Crippen LogP contribution in [0.15, 0.2) is 18.3 Å². The molecule has 3 atom stereocenters. The molecule has 1 N–H and O–H groups in total.